The first-order valence-corrected chi connectivity index (χ1v) is 9.35. The number of hydrogen-bond acceptors (Lipinski definition) is 5. The summed E-state index contributed by atoms with van der Waals surface area (Å²) < 4.78 is 14.8. The normalized spacial score (nSPS) is 11.0. The molecule has 138 valence electrons. The van der Waals surface area contributed by atoms with E-state index >= 15 is 0 Å². The van der Waals surface area contributed by atoms with Crippen LogP contribution < -0.4 is 5.43 Å². The van der Waals surface area contributed by atoms with E-state index in [1.807, 2.05) is 41.8 Å². The Morgan fingerprint density at radius 3 is 2.63 bits per heavy atom. The highest BCUT2D eigenvalue weighted by Gasteiger charge is 2.14. The van der Waals surface area contributed by atoms with Crippen LogP contribution in [0.25, 0.3) is 11.4 Å². The van der Waals surface area contributed by atoms with Gasteiger partial charge in [-0.3, -0.25) is 4.79 Å². The lowest BCUT2D eigenvalue weighted by Gasteiger charge is -2.06. The van der Waals surface area contributed by atoms with E-state index in [1.54, 1.807) is 12.1 Å². The molecule has 1 heterocycles. The maximum absolute atomic E-state index is 12.8. The van der Waals surface area contributed by atoms with Gasteiger partial charge < -0.3 is 4.57 Å². The summed E-state index contributed by atoms with van der Waals surface area (Å²) in [6.45, 7) is 2.71. The lowest BCUT2D eigenvalue weighted by Crippen LogP contribution is -2.20. The number of amides is 1. The van der Waals surface area contributed by atoms with Crippen LogP contribution in [-0.2, 0) is 11.3 Å². The van der Waals surface area contributed by atoms with Gasteiger partial charge in [0.15, 0.2) is 11.0 Å². The van der Waals surface area contributed by atoms with Gasteiger partial charge in [0.05, 0.1) is 12.0 Å². The fourth-order valence-electron chi connectivity index (χ4n) is 2.37. The van der Waals surface area contributed by atoms with Crippen molar-refractivity contribution in [2.24, 2.45) is 5.10 Å². The standard InChI is InChI=1S/C19H18FN5OS/c1-2-25-18(15-6-4-3-5-7-15)23-24-19(25)27-13-17(26)22-21-12-14-8-10-16(20)11-9-14/h3-12H,2,13H2,1H3,(H,22,26). The van der Waals surface area contributed by atoms with Gasteiger partial charge in [0.25, 0.3) is 5.91 Å². The van der Waals surface area contributed by atoms with Gasteiger partial charge in [0, 0.05) is 12.1 Å². The van der Waals surface area contributed by atoms with E-state index in [1.165, 1.54) is 30.1 Å². The van der Waals surface area contributed by atoms with Crippen LogP contribution in [0.2, 0.25) is 0 Å². The number of hydrazone groups is 1. The second-order valence-electron chi connectivity index (χ2n) is 5.55. The van der Waals surface area contributed by atoms with Crippen molar-refractivity contribution >= 4 is 23.9 Å². The molecular formula is C19H18FN5OS. The molecule has 27 heavy (non-hydrogen) atoms. The zero-order valence-electron chi connectivity index (χ0n) is 14.7. The summed E-state index contributed by atoms with van der Waals surface area (Å²) in [5, 5.41) is 13.0. The van der Waals surface area contributed by atoms with Gasteiger partial charge in [0.2, 0.25) is 0 Å². The monoisotopic (exact) mass is 383 g/mol. The van der Waals surface area contributed by atoms with Gasteiger partial charge in [0.1, 0.15) is 5.82 Å². The Labute approximate surface area is 160 Å². The highest BCUT2D eigenvalue weighted by molar-refractivity contribution is 7.99. The zero-order chi connectivity index (χ0) is 19.1. The number of nitrogens with zero attached hydrogens (tertiary/aromatic N) is 4. The third-order valence-electron chi connectivity index (χ3n) is 3.67. The lowest BCUT2D eigenvalue weighted by molar-refractivity contribution is -0.118. The molecule has 1 aromatic heterocycles. The van der Waals surface area contributed by atoms with Crippen LogP contribution >= 0.6 is 11.8 Å². The van der Waals surface area contributed by atoms with Crippen LogP contribution in [0.1, 0.15) is 12.5 Å². The smallest absolute Gasteiger partial charge is 0.250 e. The van der Waals surface area contributed by atoms with E-state index in [4.69, 9.17) is 0 Å². The first kappa shape index (κ1) is 18.8. The van der Waals surface area contributed by atoms with Crippen LogP contribution in [-0.4, -0.2) is 32.6 Å². The summed E-state index contributed by atoms with van der Waals surface area (Å²) >= 11 is 1.30. The predicted octanol–water partition coefficient (Wildman–Crippen LogP) is 3.35. The predicted molar refractivity (Wildman–Crippen MR) is 104 cm³/mol. The minimum absolute atomic E-state index is 0.160. The molecule has 0 aliphatic carbocycles. The van der Waals surface area contributed by atoms with Crippen molar-refractivity contribution in [1.29, 1.82) is 0 Å². The molecule has 0 radical (unpaired) electrons. The Balaban J connectivity index is 1.57. The second kappa shape index (κ2) is 9.09. The Hall–Kier alpha value is -3.00. The van der Waals surface area contributed by atoms with Gasteiger partial charge in [-0.1, -0.05) is 54.2 Å². The van der Waals surface area contributed by atoms with Crippen LogP contribution in [0.4, 0.5) is 4.39 Å². The topological polar surface area (TPSA) is 72.2 Å². The summed E-state index contributed by atoms with van der Waals surface area (Å²) in [6, 6.07) is 15.6. The van der Waals surface area contributed by atoms with Crippen molar-refractivity contribution in [3.05, 3.63) is 66.0 Å². The van der Waals surface area contributed by atoms with Crippen LogP contribution in [0, 0.1) is 5.82 Å². The minimum Gasteiger partial charge on any atom is -0.302 e. The van der Waals surface area contributed by atoms with Crippen molar-refractivity contribution in [1.82, 2.24) is 20.2 Å². The maximum Gasteiger partial charge on any atom is 0.250 e. The fraction of sp³-hybridized carbons (Fsp3) is 0.158. The highest BCUT2D eigenvalue weighted by atomic mass is 32.2. The average Bonchev–Trinajstić information content (AvgIpc) is 3.11. The first-order chi connectivity index (χ1) is 13.2. The average molecular weight is 383 g/mol. The first-order valence-electron chi connectivity index (χ1n) is 8.36. The number of hydrogen-bond donors (Lipinski definition) is 1. The molecule has 0 spiro atoms. The molecule has 1 N–H and O–H groups in total. The number of halogens is 1. The van der Waals surface area contributed by atoms with Crippen molar-refractivity contribution < 1.29 is 9.18 Å². The van der Waals surface area contributed by atoms with Crippen molar-refractivity contribution in [3.63, 3.8) is 0 Å². The van der Waals surface area contributed by atoms with Crippen molar-refractivity contribution in [2.75, 3.05) is 5.75 Å². The number of rotatable bonds is 7. The lowest BCUT2D eigenvalue weighted by atomic mass is 10.2. The minimum atomic E-state index is -0.317. The SMILES string of the molecule is CCn1c(SCC(=O)NN=Cc2ccc(F)cc2)nnc1-c1ccccc1. The largest absolute Gasteiger partial charge is 0.302 e. The molecule has 0 aliphatic rings. The molecule has 0 atom stereocenters. The molecule has 0 bridgehead atoms. The third kappa shape index (κ3) is 5.01. The van der Waals surface area contributed by atoms with Gasteiger partial charge in [-0.25, -0.2) is 9.82 Å². The molecule has 1 amide bonds. The third-order valence-corrected chi connectivity index (χ3v) is 4.64. The molecule has 3 aromatic rings. The Kier molecular flexibility index (Phi) is 6.32. The summed E-state index contributed by atoms with van der Waals surface area (Å²) in [6.07, 6.45) is 1.46. The summed E-state index contributed by atoms with van der Waals surface area (Å²) in [4.78, 5) is 12.0. The van der Waals surface area contributed by atoms with E-state index in [0.29, 0.717) is 17.3 Å². The van der Waals surface area contributed by atoms with E-state index in [9.17, 15) is 9.18 Å². The Morgan fingerprint density at radius 1 is 1.19 bits per heavy atom. The molecule has 2 aromatic carbocycles. The van der Waals surface area contributed by atoms with Gasteiger partial charge in [-0.2, -0.15) is 5.10 Å². The summed E-state index contributed by atoms with van der Waals surface area (Å²) in [5.74, 6) is 0.358. The fourth-order valence-corrected chi connectivity index (χ4v) is 3.17. The zero-order valence-corrected chi connectivity index (χ0v) is 15.5. The molecule has 0 aliphatic heterocycles. The van der Waals surface area contributed by atoms with Crippen molar-refractivity contribution in [2.45, 2.75) is 18.6 Å². The van der Waals surface area contributed by atoms with E-state index in [-0.39, 0.29) is 17.5 Å². The van der Waals surface area contributed by atoms with Crippen molar-refractivity contribution in [3.8, 4) is 11.4 Å². The number of carbonyl (C=O) groups excluding carboxylic acids is 1. The van der Waals surface area contributed by atoms with E-state index in [2.05, 4.69) is 20.7 Å². The number of thioether (sulfide) groups is 1. The molecule has 0 fully saturated rings. The van der Waals surface area contributed by atoms with Gasteiger partial charge in [-0.15, -0.1) is 10.2 Å². The number of carbonyl (C=O) groups is 1. The summed E-state index contributed by atoms with van der Waals surface area (Å²) in [5.41, 5.74) is 4.13. The van der Waals surface area contributed by atoms with E-state index < -0.39 is 0 Å². The molecular weight excluding hydrogens is 365 g/mol. The quantitative estimate of drug-likeness (QED) is 0.386. The molecule has 6 nitrogen and oxygen atoms in total. The molecule has 3 rings (SSSR count). The van der Waals surface area contributed by atoms with Gasteiger partial charge >= 0.3 is 0 Å². The molecule has 8 heteroatoms. The number of benzene rings is 2. The van der Waals surface area contributed by atoms with Crippen LogP contribution in [0.3, 0.4) is 0 Å². The van der Waals surface area contributed by atoms with Crippen LogP contribution in [0.5, 0.6) is 0 Å². The van der Waals surface area contributed by atoms with E-state index in [0.717, 1.165) is 11.4 Å². The maximum atomic E-state index is 12.8. The van der Waals surface area contributed by atoms with Crippen LogP contribution in [0.15, 0.2) is 64.9 Å². The molecule has 0 saturated carbocycles. The highest BCUT2D eigenvalue weighted by Crippen LogP contribution is 2.23. The number of nitrogens with one attached hydrogen (secondary N) is 1. The Bertz CT molecular complexity index is 925. The van der Waals surface area contributed by atoms with Gasteiger partial charge in [-0.05, 0) is 24.6 Å². The molecule has 0 saturated heterocycles. The number of aromatic nitrogens is 3. The second-order valence-corrected chi connectivity index (χ2v) is 6.49. The summed E-state index contributed by atoms with van der Waals surface area (Å²) in [7, 11) is 0. The molecule has 0 unspecified atom stereocenters. The Morgan fingerprint density at radius 2 is 1.93 bits per heavy atom.